The number of amides is 2. The SMILES string of the molecule is CCOC(=O)C(NC(=O)CCNC(=O)c1ccc(Cl)cc1)C(=O)OCC. The first-order valence-electron chi connectivity index (χ1n) is 8.05. The number of nitrogens with one attached hydrogen (secondary N) is 2. The lowest BCUT2D eigenvalue weighted by atomic mass is 10.2. The van der Waals surface area contributed by atoms with Gasteiger partial charge in [-0.05, 0) is 38.1 Å². The Morgan fingerprint density at radius 2 is 1.54 bits per heavy atom. The molecule has 2 amide bonds. The van der Waals surface area contributed by atoms with Crippen LogP contribution in [0, 0.1) is 0 Å². The van der Waals surface area contributed by atoms with Gasteiger partial charge in [-0.1, -0.05) is 11.6 Å². The lowest BCUT2D eigenvalue weighted by Gasteiger charge is -2.16. The summed E-state index contributed by atoms with van der Waals surface area (Å²) >= 11 is 5.75. The fourth-order valence-electron chi connectivity index (χ4n) is 1.89. The first kappa shape index (κ1) is 21.4. The summed E-state index contributed by atoms with van der Waals surface area (Å²) in [4.78, 5) is 47.4. The van der Waals surface area contributed by atoms with Crippen LogP contribution in [0.2, 0.25) is 5.02 Å². The van der Waals surface area contributed by atoms with E-state index in [2.05, 4.69) is 10.6 Å². The minimum Gasteiger partial charge on any atom is -0.464 e. The van der Waals surface area contributed by atoms with Crippen LogP contribution in [0.4, 0.5) is 0 Å². The van der Waals surface area contributed by atoms with Gasteiger partial charge in [-0.2, -0.15) is 0 Å². The average molecular weight is 385 g/mol. The summed E-state index contributed by atoms with van der Waals surface area (Å²) in [6.07, 6.45) is -0.130. The molecule has 0 unspecified atom stereocenters. The molecule has 0 bridgehead atoms. The molecule has 142 valence electrons. The van der Waals surface area contributed by atoms with Gasteiger partial charge in [0.25, 0.3) is 5.91 Å². The van der Waals surface area contributed by atoms with Crippen molar-refractivity contribution in [3.05, 3.63) is 34.9 Å². The van der Waals surface area contributed by atoms with Gasteiger partial charge < -0.3 is 20.1 Å². The second-order valence-corrected chi connectivity index (χ2v) is 5.45. The normalized spacial score (nSPS) is 10.2. The Morgan fingerprint density at radius 1 is 1.00 bits per heavy atom. The summed E-state index contributed by atoms with van der Waals surface area (Å²) in [5.74, 6) is -2.77. The first-order valence-corrected chi connectivity index (χ1v) is 8.43. The molecule has 1 rings (SSSR count). The van der Waals surface area contributed by atoms with Gasteiger partial charge in [-0.3, -0.25) is 9.59 Å². The van der Waals surface area contributed by atoms with Gasteiger partial charge in [0.1, 0.15) is 0 Å². The third-order valence-corrected chi connectivity index (χ3v) is 3.35. The summed E-state index contributed by atoms with van der Waals surface area (Å²) in [5.41, 5.74) is 0.394. The standard InChI is InChI=1S/C17H21ClN2O6/c1-3-25-16(23)14(17(24)26-4-2)20-13(21)9-10-19-15(22)11-5-7-12(18)8-6-11/h5-8,14H,3-4,9-10H2,1-2H3,(H,19,22)(H,20,21). The second kappa shape index (κ2) is 11.1. The monoisotopic (exact) mass is 384 g/mol. The predicted molar refractivity (Wildman–Crippen MR) is 93.6 cm³/mol. The Morgan fingerprint density at radius 3 is 2.04 bits per heavy atom. The maximum atomic E-state index is 11.9. The number of carbonyl (C=O) groups is 4. The molecule has 0 saturated carbocycles. The molecule has 0 atom stereocenters. The lowest BCUT2D eigenvalue weighted by Crippen LogP contribution is -2.48. The van der Waals surface area contributed by atoms with Crippen molar-refractivity contribution in [3.8, 4) is 0 Å². The minimum atomic E-state index is -1.53. The average Bonchev–Trinajstić information content (AvgIpc) is 2.60. The van der Waals surface area contributed by atoms with E-state index < -0.39 is 23.9 Å². The van der Waals surface area contributed by atoms with Crippen LogP contribution >= 0.6 is 11.6 Å². The summed E-state index contributed by atoms with van der Waals surface area (Å²) in [6, 6.07) is 4.72. The van der Waals surface area contributed by atoms with Gasteiger partial charge in [-0.25, -0.2) is 9.59 Å². The Bertz CT molecular complexity index is 629. The van der Waals surface area contributed by atoms with E-state index in [1.807, 2.05) is 0 Å². The van der Waals surface area contributed by atoms with Gasteiger partial charge in [0.15, 0.2) is 0 Å². The first-order chi connectivity index (χ1) is 12.4. The molecule has 0 aliphatic rings. The molecule has 8 nitrogen and oxygen atoms in total. The van der Waals surface area contributed by atoms with Gasteiger partial charge in [0.05, 0.1) is 13.2 Å². The molecule has 0 aliphatic heterocycles. The zero-order valence-electron chi connectivity index (χ0n) is 14.5. The molecule has 9 heteroatoms. The number of benzene rings is 1. The number of ether oxygens (including phenoxy) is 2. The van der Waals surface area contributed by atoms with Crippen molar-refractivity contribution in [2.75, 3.05) is 19.8 Å². The second-order valence-electron chi connectivity index (χ2n) is 5.02. The van der Waals surface area contributed by atoms with Crippen LogP contribution < -0.4 is 10.6 Å². The van der Waals surface area contributed by atoms with E-state index in [0.717, 1.165) is 0 Å². The number of hydrogen-bond acceptors (Lipinski definition) is 6. The Balaban J connectivity index is 2.51. The molecule has 0 spiro atoms. The number of carbonyl (C=O) groups excluding carboxylic acids is 4. The molecular weight excluding hydrogens is 364 g/mol. The van der Waals surface area contributed by atoms with Crippen molar-refractivity contribution >= 4 is 35.4 Å². The largest absolute Gasteiger partial charge is 0.464 e. The summed E-state index contributed by atoms with van der Waals surface area (Å²) in [5, 5.41) is 5.31. The lowest BCUT2D eigenvalue weighted by molar-refractivity contribution is -0.159. The fourth-order valence-corrected chi connectivity index (χ4v) is 2.02. The molecule has 26 heavy (non-hydrogen) atoms. The van der Waals surface area contributed by atoms with Crippen LogP contribution in [0.1, 0.15) is 30.6 Å². The van der Waals surface area contributed by atoms with E-state index >= 15 is 0 Å². The third-order valence-electron chi connectivity index (χ3n) is 3.09. The summed E-state index contributed by atoms with van der Waals surface area (Å²) in [6.45, 7) is 3.29. The molecule has 2 N–H and O–H groups in total. The number of halogens is 1. The quantitative estimate of drug-likeness (QED) is 0.486. The molecule has 0 aliphatic carbocycles. The van der Waals surface area contributed by atoms with Crippen LogP contribution in [-0.4, -0.2) is 49.6 Å². The Kier molecular flexibility index (Phi) is 9.14. The molecule has 0 aromatic heterocycles. The van der Waals surface area contributed by atoms with Gasteiger partial charge in [0, 0.05) is 23.6 Å². The van der Waals surface area contributed by atoms with Crippen molar-refractivity contribution in [1.82, 2.24) is 10.6 Å². The number of hydrogen-bond donors (Lipinski definition) is 2. The van der Waals surface area contributed by atoms with Gasteiger partial charge in [0.2, 0.25) is 11.9 Å². The van der Waals surface area contributed by atoms with Crippen molar-refractivity contribution in [1.29, 1.82) is 0 Å². The Hall–Kier alpha value is -2.61. The van der Waals surface area contributed by atoms with Crippen LogP contribution in [0.3, 0.4) is 0 Å². The van der Waals surface area contributed by atoms with Gasteiger partial charge in [-0.15, -0.1) is 0 Å². The van der Waals surface area contributed by atoms with E-state index in [-0.39, 0.29) is 32.1 Å². The molecule has 0 radical (unpaired) electrons. The third kappa shape index (κ3) is 7.10. The van der Waals surface area contributed by atoms with Gasteiger partial charge >= 0.3 is 11.9 Å². The van der Waals surface area contributed by atoms with Crippen molar-refractivity contribution in [2.24, 2.45) is 0 Å². The smallest absolute Gasteiger partial charge is 0.340 e. The van der Waals surface area contributed by atoms with E-state index in [9.17, 15) is 19.2 Å². The molecule has 1 aromatic carbocycles. The number of rotatable bonds is 9. The highest BCUT2D eigenvalue weighted by atomic mass is 35.5. The van der Waals surface area contributed by atoms with Crippen LogP contribution in [0.5, 0.6) is 0 Å². The predicted octanol–water partition coefficient (Wildman–Crippen LogP) is 1.07. The molecule has 0 heterocycles. The zero-order chi connectivity index (χ0) is 19.5. The molecule has 1 aromatic rings. The van der Waals surface area contributed by atoms with Crippen molar-refractivity contribution < 1.29 is 28.7 Å². The molecular formula is C17H21ClN2O6. The van der Waals surface area contributed by atoms with E-state index in [4.69, 9.17) is 21.1 Å². The van der Waals surface area contributed by atoms with E-state index in [0.29, 0.717) is 10.6 Å². The summed E-state index contributed by atoms with van der Waals surface area (Å²) < 4.78 is 9.50. The van der Waals surface area contributed by atoms with E-state index in [1.165, 1.54) is 0 Å². The van der Waals surface area contributed by atoms with Crippen LogP contribution in [0.25, 0.3) is 0 Å². The minimum absolute atomic E-state index is 0.0195. The highest BCUT2D eigenvalue weighted by Crippen LogP contribution is 2.09. The van der Waals surface area contributed by atoms with E-state index in [1.54, 1.807) is 38.1 Å². The topological polar surface area (TPSA) is 111 Å². The molecule has 0 fully saturated rings. The molecule has 0 saturated heterocycles. The maximum absolute atomic E-state index is 11.9. The van der Waals surface area contributed by atoms with Crippen molar-refractivity contribution in [2.45, 2.75) is 26.3 Å². The number of esters is 2. The Labute approximate surface area is 156 Å². The van der Waals surface area contributed by atoms with Crippen molar-refractivity contribution in [3.63, 3.8) is 0 Å². The van der Waals surface area contributed by atoms with Crippen LogP contribution in [0.15, 0.2) is 24.3 Å². The highest BCUT2D eigenvalue weighted by Gasteiger charge is 2.31. The maximum Gasteiger partial charge on any atom is 0.340 e. The van der Waals surface area contributed by atoms with Crippen LogP contribution in [-0.2, 0) is 23.9 Å². The highest BCUT2D eigenvalue weighted by molar-refractivity contribution is 6.30. The zero-order valence-corrected chi connectivity index (χ0v) is 15.3. The fraction of sp³-hybridized carbons (Fsp3) is 0.412. The summed E-state index contributed by atoms with van der Waals surface area (Å²) in [7, 11) is 0.